The van der Waals surface area contributed by atoms with E-state index in [1.165, 1.54) is 31.3 Å². The standard InChI is InChI=1S/C29H48O4/c1-19-22(17-23(30)18-27(19)32)12-11-21-9-8-16-29(5)24(13-14-25(21)29)20(2)26(31)10-6-7-15-28(3,4)33/h11-12,20,23-27,30-33H,1,6-10,13-18H2,2-5H3/b21-11+,22-12+/t20-,23-,24-,25+,26-,27+,29-/m1/s1. The van der Waals surface area contributed by atoms with Crippen molar-refractivity contribution in [1.82, 2.24) is 0 Å². The van der Waals surface area contributed by atoms with Crippen LogP contribution in [0.25, 0.3) is 0 Å². The van der Waals surface area contributed by atoms with Crippen LogP contribution in [-0.4, -0.2) is 44.3 Å². The SMILES string of the molecule is C=C1/C(=C/C=C2\CCC[C@]3(C)[C@@H]([C@@H](C)[C@H](O)CCCCC(C)(C)O)CC[C@@H]23)C[C@@H](O)C[C@@H]1O. The van der Waals surface area contributed by atoms with Crippen LogP contribution in [0.5, 0.6) is 0 Å². The molecule has 0 aromatic heterocycles. The molecule has 3 rings (SSSR count). The van der Waals surface area contributed by atoms with Crippen molar-refractivity contribution in [3.63, 3.8) is 0 Å². The van der Waals surface area contributed by atoms with Crippen molar-refractivity contribution >= 4 is 0 Å². The molecular weight excluding hydrogens is 412 g/mol. The second kappa shape index (κ2) is 10.8. The molecule has 0 unspecified atom stereocenters. The summed E-state index contributed by atoms with van der Waals surface area (Å²) in [6.07, 6.45) is 13.3. The number of unbranched alkanes of at least 4 members (excludes halogenated alkanes) is 1. The highest BCUT2D eigenvalue weighted by molar-refractivity contribution is 5.38. The third-order valence-corrected chi connectivity index (χ3v) is 9.08. The first-order valence-corrected chi connectivity index (χ1v) is 13.3. The van der Waals surface area contributed by atoms with E-state index in [1.54, 1.807) is 0 Å². The maximum atomic E-state index is 11.0. The number of allylic oxidation sites excluding steroid dienone is 3. The van der Waals surface area contributed by atoms with Gasteiger partial charge in [0.2, 0.25) is 0 Å². The molecule has 7 atom stereocenters. The Morgan fingerprint density at radius 2 is 1.91 bits per heavy atom. The molecular formula is C29H48O4. The Balaban J connectivity index is 1.65. The Morgan fingerprint density at radius 3 is 2.61 bits per heavy atom. The molecule has 0 spiro atoms. The summed E-state index contributed by atoms with van der Waals surface area (Å²) in [6.45, 7) is 12.4. The van der Waals surface area contributed by atoms with E-state index < -0.39 is 17.8 Å². The molecule has 0 aromatic carbocycles. The second-order valence-electron chi connectivity index (χ2n) is 12.1. The van der Waals surface area contributed by atoms with E-state index >= 15 is 0 Å². The lowest BCUT2D eigenvalue weighted by Crippen LogP contribution is -2.39. The van der Waals surface area contributed by atoms with Gasteiger partial charge in [0.25, 0.3) is 0 Å². The van der Waals surface area contributed by atoms with E-state index in [1.807, 2.05) is 13.8 Å². The normalized spacial score (nSPS) is 37.4. The van der Waals surface area contributed by atoms with Gasteiger partial charge in [0.05, 0.1) is 23.9 Å². The maximum absolute atomic E-state index is 11.0. The van der Waals surface area contributed by atoms with Gasteiger partial charge in [-0.25, -0.2) is 0 Å². The summed E-state index contributed by atoms with van der Waals surface area (Å²) in [5, 5.41) is 41.1. The quantitative estimate of drug-likeness (QED) is 0.363. The summed E-state index contributed by atoms with van der Waals surface area (Å²) in [5.74, 6) is 1.35. The summed E-state index contributed by atoms with van der Waals surface area (Å²) >= 11 is 0. The van der Waals surface area contributed by atoms with Gasteiger partial charge >= 0.3 is 0 Å². The number of aliphatic hydroxyl groups excluding tert-OH is 3. The van der Waals surface area contributed by atoms with Gasteiger partial charge in [0, 0.05) is 6.42 Å². The molecule has 0 bridgehead atoms. The molecule has 0 saturated heterocycles. The van der Waals surface area contributed by atoms with Gasteiger partial charge in [-0.2, -0.15) is 0 Å². The highest BCUT2D eigenvalue weighted by atomic mass is 16.3. The first-order valence-electron chi connectivity index (χ1n) is 13.3. The molecule has 4 N–H and O–H groups in total. The van der Waals surface area contributed by atoms with Gasteiger partial charge in [0.15, 0.2) is 0 Å². The molecule has 0 aliphatic heterocycles. The fraction of sp³-hybridized carbons (Fsp3) is 0.793. The van der Waals surface area contributed by atoms with Crippen LogP contribution < -0.4 is 0 Å². The van der Waals surface area contributed by atoms with Crippen LogP contribution in [0.3, 0.4) is 0 Å². The molecule has 3 fully saturated rings. The van der Waals surface area contributed by atoms with Gasteiger partial charge in [-0.1, -0.05) is 51.0 Å². The van der Waals surface area contributed by atoms with Crippen molar-refractivity contribution in [3.8, 4) is 0 Å². The third-order valence-electron chi connectivity index (χ3n) is 9.08. The first kappa shape index (κ1) is 26.7. The van der Waals surface area contributed by atoms with E-state index in [0.717, 1.165) is 43.3 Å². The number of fused-ring (bicyclic) bond motifs is 1. The van der Waals surface area contributed by atoms with Crippen LogP contribution in [0.15, 0.2) is 35.5 Å². The molecule has 0 amide bonds. The minimum atomic E-state index is -0.642. The highest BCUT2D eigenvalue weighted by Gasteiger charge is 2.51. The molecule has 0 radical (unpaired) electrons. The molecule has 3 aliphatic carbocycles. The van der Waals surface area contributed by atoms with Crippen LogP contribution in [0.4, 0.5) is 0 Å². The summed E-state index contributed by atoms with van der Waals surface area (Å²) in [4.78, 5) is 0. The minimum Gasteiger partial charge on any atom is -0.393 e. The van der Waals surface area contributed by atoms with Crippen LogP contribution in [0.2, 0.25) is 0 Å². The summed E-state index contributed by atoms with van der Waals surface area (Å²) in [7, 11) is 0. The molecule has 3 saturated carbocycles. The van der Waals surface area contributed by atoms with Crippen LogP contribution in [0, 0.1) is 23.2 Å². The monoisotopic (exact) mass is 460 g/mol. The highest BCUT2D eigenvalue weighted by Crippen LogP contribution is 2.60. The van der Waals surface area contributed by atoms with Gasteiger partial charge in [0.1, 0.15) is 0 Å². The van der Waals surface area contributed by atoms with E-state index in [0.29, 0.717) is 24.7 Å². The lowest BCUT2D eigenvalue weighted by molar-refractivity contribution is 0.0142. The number of hydrogen-bond donors (Lipinski definition) is 4. The van der Waals surface area contributed by atoms with Gasteiger partial charge in [-0.05, 0) is 99.5 Å². The summed E-state index contributed by atoms with van der Waals surface area (Å²) in [5.41, 5.74) is 2.82. The zero-order valence-electron chi connectivity index (χ0n) is 21.4. The lowest BCUT2D eigenvalue weighted by atomic mass is 9.60. The predicted octanol–water partition coefficient (Wildman–Crippen LogP) is 5.46. The smallest absolute Gasteiger partial charge is 0.0811 e. The van der Waals surface area contributed by atoms with Crippen molar-refractivity contribution in [3.05, 3.63) is 35.5 Å². The van der Waals surface area contributed by atoms with Crippen molar-refractivity contribution in [2.45, 2.75) is 122 Å². The van der Waals surface area contributed by atoms with Crippen molar-refractivity contribution in [2.24, 2.45) is 23.2 Å². The zero-order valence-corrected chi connectivity index (χ0v) is 21.4. The first-order chi connectivity index (χ1) is 15.4. The molecule has 4 nitrogen and oxygen atoms in total. The number of aliphatic hydroxyl groups is 4. The third kappa shape index (κ3) is 6.39. The van der Waals surface area contributed by atoms with Gasteiger partial charge in [-0.15, -0.1) is 0 Å². The topological polar surface area (TPSA) is 80.9 Å². The molecule has 33 heavy (non-hydrogen) atoms. The Hall–Kier alpha value is -0.940. The fourth-order valence-electron chi connectivity index (χ4n) is 7.05. The molecule has 0 heterocycles. The average Bonchev–Trinajstić information content (AvgIpc) is 3.08. The van der Waals surface area contributed by atoms with Gasteiger partial charge in [-0.3, -0.25) is 0 Å². The number of rotatable bonds is 8. The summed E-state index contributed by atoms with van der Waals surface area (Å²) in [6, 6.07) is 0. The Labute approximate surface area is 201 Å². The fourth-order valence-corrected chi connectivity index (χ4v) is 7.05. The van der Waals surface area contributed by atoms with Crippen molar-refractivity contribution in [1.29, 1.82) is 0 Å². The van der Waals surface area contributed by atoms with Crippen LogP contribution >= 0.6 is 0 Å². The van der Waals surface area contributed by atoms with E-state index in [4.69, 9.17) is 0 Å². The second-order valence-corrected chi connectivity index (χ2v) is 12.1. The summed E-state index contributed by atoms with van der Waals surface area (Å²) < 4.78 is 0. The van der Waals surface area contributed by atoms with Crippen LogP contribution in [-0.2, 0) is 0 Å². The van der Waals surface area contributed by atoms with Crippen molar-refractivity contribution < 1.29 is 20.4 Å². The Morgan fingerprint density at radius 1 is 1.18 bits per heavy atom. The lowest BCUT2D eigenvalue weighted by Gasteiger charge is -2.45. The van der Waals surface area contributed by atoms with E-state index in [9.17, 15) is 20.4 Å². The Bertz CT molecular complexity index is 745. The van der Waals surface area contributed by atoms with Gasteiger partial charge < -0.3 is 20.4 Å². The predicted molar refractivity (Wildman–Crippen MR) is 135 cm³/mol. The molecule has 3 aliphatic rings. The average molecular weight is 461 g/mol. The number of hydrogen-bond acceptors (Lipinski definition) is 4. The van der Waals surface area contributed by atoms with E-state index in [-0.39, 0.29) is 17.4 Å². The molecule has 0 aromatic rings. The molecule has 4 heteroatoms. The van der Waals surface area contributed by atoms with Crippen LogP contribution in [0.1, 0.15) is 98.3 Å². The maximum Gasteiger partial charge on any atom is 0.0811 e. The largest absolute Gasteiger partial charge is 0.393 e. The Kier molecular flexibility index (Phi) is 8.70. The van der Waals surface area contributed by atoms with E-state index in [2.05, 4.69) is 32.6 Å². The minimum absolute atomic E-state index is 0.221. The van der Waals surface area contributed by atoms with Crippen molar-refractivity contribution in [2.75, 3.05) is 0 Å². The molecule has 188 valence electrons. The zero-order chi connectivity index (χ0) is 24.4.